The number of rotatable bonds is 6. The second-order valence-corrected chi connectivity index (χ2v) is 7.80. The molecule has 130 valence electrons. The molecule has 0 amide bonds. The highest BCUT2D eigenvalue weighted by molar-refractivity contribution is 5.89. The van der Waals surface area contributed by atoms with E-state index in [1.54, 1.807) is 6.33 Å². The van der Waals surface area contributed by atoms with Gasteiger partial charge in [-0.2, -0.15) is 5.10 Å². The predicted molar refractivity (Wildman–Crippen MR) is 98.1 cm³/mol. The van der Waals surface area contributed by atoms with Crippen LogP contribution >= 0.6 is 0 Å². The highest BCUT2D eigenvalue weighted by Gasteiger charge is 2.30. The molecule has 0 aliphatic heterocycles. The van der Waals surface area contributed by atoms with Crippen molar-refractivity contribution >= 4 is 11.0 Å². The Morgan fingerprint density at radius 1 is 1.16 bits per heavy atom. The zero-order valence-corrected chi connectivity index (χ0v) is 14.6. The van der Waals surface area contributed by atoms with E-state index in [4.69, 9.17) is 5.10 Å². The number of fused-ring (bicyclic) bond motifs is 1. The van der Waals surface area contributed by atoms with Crippen molar-refractivity contribution in [2.45, 2.75) is 57.4 Å². The highest BCUT2D eigenvalue weighted by Crippen LogP contribution is 2.41. The molecule has 3 heterocycles. The third-order valence-electron chi connectivity index (χ3n) is 6.08. The van der Waals surface area contributed by atoms with Crippen LogP contribution in [0, 0.1) is 11.8 Å². The molecule has 2 aliphatic carbocycles. The lowest BCUT2D eigenvalue weighted by atomic mass is 9.93. The summed E-state index contributed by atoms with van der Waals surface area (Å²) in [6.07, 6.45) is 18.8. The summed E-state index contributed by atoms with van der Waals surface area (Å²) in [4.78, 5) is 12.0. The summed E-state index contributed by atoms with van der Waals surface area (Å²) < 4.78 is 2.24. The molecule has 3 aromatic rings. The van der Waals surface area contributed by atoms with Gasteiger partial charge in [0.1, 0.15) is 12.0 Å². The van der Waals surface area contributed by atoms with Gasteiger partial charge in [-0.3, -0.25) is 4.68 Å². The molecule has 2 fully saturated rings. The number of nitrogens with one attached hydrogen (secondary N) is 1. The Labute approximate surface area is 147 Å². The monoisotopic (exact) mass is 335 g/mol. The molecule has 0 radical (unpaired) electrons. The Bertz CT molecular complexity index is 854. The molecule has 1 unspecified atom stereocenters. The molecule has 0 bridgehead atoms. The fraction of sp³-hybridized carbons (Fsp3) is 0.550. The van der Waals surface area contributed by atoms with Crippen LogP contribution in [0.25, 0.3) is 22.3 Å². The Morgan fingerprint density at radius 2 is 2.04 bits per heavy atom. The van der Waals surface area contributed by atoms with Gasteiger partial charge in [0.2, 0.25) is 0 Å². The Kier molecular flexibility index (Phi) is 3.80. The van der Waals surface area contributed by atoms with Gasteiger partial charge in [-0.05, 0) is 43.6 Å². The molecular weight excluding hydrogens is 310 g/mol. The normalized spacial score (nSPS) is 19.7. The van der Waals surface area contributed by atoms with E-state index in [2.05, 4.69) is 25.8 Å². The Balaban J connectivity index is 1.45. The van der Waals surface area contributed by atoms with Gasteiger partial charge in [-0.25, -0.2) is 9.97 Å². The van der Waals surface area contributed by atoms with Crippen LogP contribution in [0.1, 0.15) is 57.4 Å². The SMILES string of the molecule is c1nc(-c2cnn(C(CCC3CC3)C3CCCC3)c2)c2cc[nH]c2n1. The van der Waals surface area contributed by atoms with Gasteiger partial charge < -0.3 is 4.98 Å². The van der Waals surface area contributed by atoms with Crippen LogP contribution in [0.15, 0.2) is 31.0 Å². The van der Waals surface area contributed by atoms with Gasteiger partial charge in [-0.1, -0.05) is 25.7 Å². The maximum absolute atomic E-state index is 4.77. The van der Waals surface area contributed by atoms with Crippen LogP contribution in [-0.2, 0) is 0 Å². The summed E-state index contributed by atoms with van der Waals surface area (Å²) in [5.41, 5.74) is 2.96. The van der Waals surface area contributed by atoms with Crippen molar-refractivity contribution < 1.29 is 0 Å². The fourth-order valence-corrected chi connectivity index (χ4v) is 4.48. The van der Waals surface area contributed by atoms with E-state index < -0.39 is 0 Å². The van der Waals surface area contributed by atoms with Crippen molar-refractivity contribution in [1.29, 1.82) is 0 Å². The first-order valence-corrected chi connectivity index (χ1v) is 9.71. The van der Waals surface area contributed by atoms with Gasteiger partial charge >= 0.3 is 0 Å². The second kappa shape index (κ2) is 6.28. The summed E-state index contributed by atoms with van der Waals surface area (Å²) in [6, 6.07) is 2.60. The van der Waals surface area contributed by atoms with E-state index in [1.807, 2.05) is 18.5 Å². The van der Waals surface area contributed by atoms with E-state index in [1.165, 1.54) is 51.4 Å². The highest BCUT2D eigenvalue weighted by atomic mass is 15.3. The first kappa shape index (κ1) is 15.1. The number of H-pyrrole nitrogens is 1. The van der Waals surface area contributed by atoms with E-state index in [0.717, 1.165) is 34.1 Å². The van der Waals surface area contributed by atoms with Crippen LogP contribution < -0.4 is 0 Å². The minimum absolute atomic E-state index is 0.556. The molecule has 2 saturated carbocycles. The predicted octanol–water partition coefficient (Wildman–Crippen LogP) is 4.74. The summed E-state index contributed by atoms with van der Waals surface area (Å²) in [6.45, 7) is 0. The van der Waals surface area contributed by atoms with Gasteiger partial charge in [-0.15, -0.1) is 0 Å². The summed E-state index contributed by atoms with van der Waals surface area (Å²) in [5.74, 6) is 1.78. The maximum atomic E-state index is 4.77. The van der Waals surface area contributed by atoms with Gasteiger partial charge in [0, 0.05) is 23.3 Å². The zero-order valence-electron chi connectivity index (χ0n) is 14.6. The van der Waals surface area contributed by atoms with Crippen molar-refractivity contribution in [2.24, 2.45) is 11.8 Å². The molecule has 5 rings (SSSR count). The summed E-state index contributed by atoms with van der Waals surface area (Å²) >= 11 is 0. The first-order valence-electron chi connectivity index (χ1n) is 9.71. The van der Waals surface area contributed by atoms with Gasteiger partial charge in [0.15, 0.2) is 0 Å². The van der Waals surface area contributed by atoms with Crippen LogP contribution in [0.4, 0.5) is 0 Å². The van der Waals surface area contributed by atoms with Crippen molar-refractivity contribution in [3.05, 3.63) is 31.0 Å². The lowest BCUT2D eigenvalue weighted by molar-refractivity contribution is 0.283. The second-order valence-electron chi connectivity index (χ2n) is 7.80. The molecule has 5 nitrogen and oxygen atoms in total. The topological polar surface area (TPSA) is 59.4 Å². The minimum atomic E-state index is 0.556. The van der Waals surface area contributed by atoms with Crippen LogP contribution in [0.5, 0.6) is 0 Å². The summed E-state index contributed by atoms with van der Waals surface area (Å²) in [5, 5.41) is 5.84. The number of hydrogen-bond donors (Lipinski definition) is 1. The third-order valence-corrected chi connectivity index (χ3v) is 6.08. The lowest BCUT2D eigenvalue weighted by Gasteiger charge is -2.24. The third kappa shape index (κ3) is 2.96. The first-order chi connectivity index (χ1) is 12.4. The van der Waals surface area contributed by atoms with Crippen molar-refractivity contribution in [3.8, 4) is 11.3 Å². The molecule has 3 aromatic heterocycles. The number of hydrogen-bond acceptors (Lipinski definition) is 3. The number of aromatic amines is 1. The fourth-order valence-electron chi connectivity index (χ4n) is 4.48. The molecule has 1 atom stereocenters. The standard InChI is InChI=1S/C20H25N5/c1-2-4-15(3-1)18(8-7-14-5-6-14)25-12-16(11-24-25)19-17-9-10-21-20(17)23-13-22-19/h9-15,18H,1-8H2,(H,21,22,23). The number of aromatic nitrogens is 5. The summed E-state index contributed by atoms with van der Waals surface area (Å²) in [7, 11) is 0. The Morgan fingerprint density at radius 3 is 2.88 bits per heavy atom. The molecule has 2 aliphatic rings. The van der Waals surface area contributed by atoms with Crippen molar-refractivity contribution in [3.63, 3.8) is 0 Å². The molecule has 25 heavy (non-hydrogen) atoms. The lowest BCUT2D eigenvalue weighted by Crippen LogP contribution is -2.18. The molecule has 5 heteroatoms. The average molecular weight is 335 g/mol. The molecule has 0 aromatic carbocycles. The van der Waals surface area contributed by atoms with E-state index in [9.17, 15) is 0 Å². The Hall–Kier alpha value is -2.17. The van der Waals surface area contributed by atoms with Crippen LogP contribution in [0.3, 0.4) is 0 Å². The van der Waals surface area contributed by atoms with Crippen LogP contribution in [-0.4, -0.2) is 24.7 Å². The van der Waals surface area contributed by atoms with E-state index in [-0.39, 0.29) is 0 Å². The van der Waals surface area contributed by atoms with E-state index >= 15 is 0 Å². The zero-order chi connectivity index (χ0) is 16.6. The smallest absolute Gasteiger partial charge is 0.141 e. The largest absolute Gasteiger partial charge is 0.346 e. The van der Waals surface area contributed by atoms with Crippen molar-refractivity contribution in [2.75, 3.05) is 0 Å². The maximum Gasteiger partial charge on any atom is 0.141 e. The van der Waals surface area contributed by atoms with E-state index in [0.29, 0.717) is 6.04 Å². The van der Waals surface area contributed by atoms with Crippen molar-refractivity contribution in [1.82, 2.24) is 24.7 Å². The minimum Gasteiger partial charge on any atom is -0.346 e. The molecule has 0 spiro atoms. The average Bonchev–Trinajstić information content (AvgIpc) is 3.08. The molecular formula is C20H25N5. The molecule has 1 N–H and O–H groups in total. The van der Waals surface area contributed by atoms with Gasteiger partial charge in [0.25, 0.3) is 0 Å². The number of nitrogens with zero attached hydrogens (tertiary/aromatic N) is 4. The molecule has 0 saturated heterocycles. The quantitative estimate of drug-likeness (QED) is 0.707. The van der Waals surface area contributed by atoms with Crippen LogP contribution in [0.2, 0.25) is 0 Å². The van der Waals surface area contributed by atoms with Gasteiger partial charge in [0.05, 0.1) is 17.9 Å².